The molecule has 2 atom stereocenters. The maximum Gasteiger partial charge on any atom is 0.151 e. The zero-order chi connectivity index (χ0) is 12.6. The molecule has 0 spiro atoms. The van der Waals surface area contributed by atoms with Gasteiger partial charge in [0.1, 0.15) is 0 Å². The quantitative estimate of drug-likeness (QED) is 0.775. The second-order valence-electron chi connectivity index (χ2n) is 5.79. The van der Waals surface area contributed by atoms with Gasteiger partial charge in [-0.1, -0.05) is 50.1 Å². The molecule has 2 aliphatic rings. The lowest BCUT2D eigenvalue weighted by atomic mass is 9.86. The fourth-order valence-electron chi connectivity index (χ4n) is 3.11. The standard InChI is InChI=1S/C15H27NO2/c17-12-14-11-13-9-7-5-3-1-2-4-6-8-10-15(13)16-18-14/h13-14,17H,1-12H2. The third kappa shape index (κ3) is 4.27. The zero-order valence-electron chi connectivity index (χ0n) is 11.4. The molecule has 0 radical (unpaired) electrons. The molecule has 0 amide bonds. The van der Waals surface area contributed by atoms with E-state index in [1.165, 1.54) is 63.5 Å². The highest BCUT2D eigenvalue weighted by Gasteiger charge is 2.26. The molecule has 18 heavy (non-hydrogen) atoms. The molecule has 0 aromatic rings. The summed E-state index contributed by atoms with van der Waals surface area (Å²) in [6.07, 6.45) is 14.1. The van der Waals surface area contributed by atoms with E-state index in [0.29, 0.717) is 5.92 Å². The van der Waals surface area contributed by atoms with Crippen LogP contribution < -0.4 is 0 Å². The van der Waals surface area contributed by atoms with Crippen molar-refractivity contribution in [1.82, 2.24) is 0 Å². The molecule has 1 fully saturated rings. The largest absolute Gasteiger partial charge is 0.392 e. The molecular weight excluding hydrogens is 226 g/mol. The van der Waals surface area contributed by atoms with E-state index in [9.17, 15) is 5.11 Å². The number of nitrogens with zero attached hydrogens (tertiary/aromatic N) is 1. The van der Waals surface area contributed by atoms with E-state index >= 15 is 0 Å². The van der Waals surface area contributed by atoms with E-state index in [4.69, 9.17) is 4.84 Å². The van der Waals surface area contributed by atoms with Crippen LogP contribution in [-0.2, 0) is 4.84 Å². The second-order valence-corrected chi connectivity index (χ2v) is 5.79. The fraction of sp³-hybridized carbons (Fsp3) is 0.933. The number of aliphatic hydroxyl groups excluding tert-OH is 1. The summed E-state index contributed by atoms with van der Waals surface area (Å²) < 4.78 is 0. The predicted octanol–water partition coefficient (Wildman–Crippen LogP) is 3.65. The van der Waals surface area contributed by atoms with E-state index in [1.54, 1.807) is 0 Å². The van der Waals surface area contributed by atoms with Crippen LogP contribution in [-0.4, -0.2) is 23.5 Å². The van der Waals surface area contributed by atoms with Crippen LogP contribution in [0.1, 0.15) is 70.6 Å². The van der Waals surface area contributed by atoms with Crippen LogP contribution in [0.25, 0.3) is 0 Å². The predicted molar refractivity (Wildman–Crippen MR) is 73.7 cm³/mol. The molecule has 0 aromatic carbocycles. The number of rotatable bonds is 1. The molecule has 3 nitrogen and oxygen atoms in total. The van der Waals surface area contributed by atoms with Gasteiger partial charge >= 0.3 is 0 Å². The van der Waals surface area contributed by atoms with E-state index in [2.05, 4.69) is 5.16 Å². The Bertz CT molecular complexity index is 265. The first-order valence-electron chi connectivity index (χ1n) is 7.73. The van der Waals surface area contributed by atoms with Crippen molar-refractivity contribution in [2.24, 2.45) is 11.1 Å². The lowest BCUT2D eigenvalue weighted by Gasteiger charge is -2.28. The lowest BCUT2D eigenvalue weighted by molar-refractivity contribution is -0.00726. The van der Waals surface area contributed by atoms with Gasteiger partial charge in [0, 0.05) is 5.92 Å². The first-order valence-corrected chi connectivity index (χ1v) is 7.73. The van der Waals surface area contributed by atoms with Crippen molar-refractivity contribution < 1.29 is 9.94 Å². The summed E-state index contributed by atoms with van der Waals surface area (Å²) in [4.78, 5) is 5.36. The molecule has 1 heterocycles. The molecule has 3 heteroatoms. The molecule has 1 aliphatic heterocycles. The van der Waals surface area contributed by atoms with Gasteiger partial charge in [0.2, 0.25) is 0 Å². The smallest absolute Gasteiger partial charge is 0.151 e. The zero-order valence-corrected chi connectivity index (χ0v) is 11.4. The minimum Gasteiger partial charge on any atom is -0.392 e. The van der Waals surface area contributed by atoms with Crippen LogP contribution in [0.4, 0.5) is 0 Å². The Morgan fingerprint density at radius 2 is 1.67 bits per heavy atom. The summed E-state index contributed by atoms with van der Waals surface area (Å²) in [5.41, 5.74) is 1.26. The van der Waals surface area contributed by atoms with E-state index in [1.807, 2.05) is 0 Å². The van der Waals surface area contributed by atoms with E-state index < -0.39 is 0 Å². The Labute approximate surface area is 111 Å². The first kappa shape index (κ1) is 13.9. The SMILES string of the molecule is OCC1CC2CCCCCCCCCCC2=NO1. The molecule has 0 saturated heterocycles. The Morgan fingerprint density at radius 1 is 1.00 bits per heavy atom. The van der Waals surface area contributed by atoms with Crippen molar-refractivity contribution in [2.45, 2.75) is 76.7 Å². The lowest BCUT2D eigenvalue weighted by Crippen LogP contribution is -2.30. The minimum absolute atomic E-state index is 0.0633. The highest BCUT2D eigenvalue weighted by atomic mass is 16.6. The molecule has 104 valence electrons. The Kier molecular flexibility index (Phi) is 5.98. The van der Waals surface area contributed by atoms with Crippen molar-refractivity contribution in [3.8, 4) is 0 Å². The number of hydrogen-bond donors (Lipinski definition) is 1. The highest BCUT2D eigenvalue weighted by molar-refractivity contribution is 5.86. The van der Waals surface area contributed by atoms with Gasteiger partial charge in [-0.05, 0) is 25.7 Å². The highest BCUT2D eigenvalue weighted by Crippen LogP contribution is 2.27. The summed E-state index contributed by atoms with van der Waals surface area (Å²) in [7, 11) is 0. The molecule has 0 aromatic heterocycles. The normalized spacial score (nSPS) is 31.3. The van der Waals surface area contributed by atoms with Crippen LogP contribution in [0, 0.1) is 5.92 Å². The summed E-state index contributed by atoms with van der Waals surface area (Å²) in [6, 6.07) is 0. The summed E-state index contributed by atoms with van der Waals surface area (Å²) >= 11 is 0. The average molecular weight is 253 g/mol. The summed E-state index contributed by atoms with van der Waals surface area (Å²) in [5, 5.41) is 13.5. The molecule has 1 N–H and O–H groups in total. The molecule has 1 saturated carbocycles. The van der Waals surface area contributed by atoms with Gasteiger partial charge < -0.3 is 9.94 Å². The fourth-order valence-corrected chi connectivity index (χ4v) is 3.11. The van der Waals surface area contributed by atoms with Gasteiger partial charge in [0.15, 0.2) is 6.10 Å². The molecule has 2 unspecified atom stereocenters. The maximum atomic E-state index is 9.20. The van der Waals surface area contributed by atoms with E-state index in [-0.39, 0.29) is 12.7 Å². The third-order valence-corrected chi connectivity index (χ3v) is 4.28. The molecule has 0 bridgehead atoms. The van der Waals surface area contributed by atoms with Gasteiger partial charge in [0.05, 0.1) is 12.3 Å². The van der Waals surface area contributed by atoms with Crippen LogP contribution in [0.3, 0.4) is 0 Å². The Balaban J connectivity index is 1.91. The number of hydrogen-bond acceptors (Lipinski definition) is 3. The van der Waals surface area contributed by atoms with Crippen molar-refractivity contribution in [3.05, 3.63) is 0 Å². The Hall–Kier alpha value is -0.570. The van der Waals surface area contributed by atoms with Gasteiger partial charge in [-0.25, -0.2) is 0 Å². The number of fused-ring (bicyclic) bond motifs is 1. The maximum absolute atomic E-state index is 9.20. The van der Waals surface area contributed by atoms with Crippen LogP contribution in [0.2, 0.25) is 0 Å². The average Bonchev–Trinajstić information content (AvgIpc) is 2.39. The van der Waals surface area contributed by atoms with Gasteiger partial charge in [-0.15, -0.1) is 0 Å². The molecule has 2 rings (SSSR count). The van der Waals surface area contributed by atoms with Crippen LogP contribution in [0.5, 0.6) is 0 Å². The second kappa shape index (κ2) is 7.78. The topological polar surface area (TPSA) is 41.8 Å². The third-order valence-electron chi connectivity index (χ3n) is 4.28. The van der Waals surface area contributed by atoms with E-state index in [0.717, 1.165) is 12.8 Å². The monoisotopic (exact) mass is 253 g/mol. The van der Waals surface area contributed by atoms with Crippen LogP contribution >= 0.6 is 0 Å². The number of aliphatic hydroxyl groups is 1. The summed E-state index contributed by atoms with van der Waals surface area (Å²) in [5.74, 6) is 0.565. The van der Waals surface area contributed by atoms with Crippen molar-refractivity contribution >= 4 is 5.71 Å². The van der Waals surface area contributed by atoms with Crippen LogP contribution in [0.15, 0.2) is 5.16 Å². The number of oxime groups is 1. The van der Waals surface area contributed by atoms with Crippen molar-refractivity contribution in [2.75, 3.05) is 6.61 Å². The van der Waals surface area contributed by atoms with Crippen molar-refractivity contribution in [1.29, 1.82) is 0 Å². The molecular formula is C15H27NO2. The van der Waals surface area contributed by atoms with Gasteiger partial charge in [0.25, 0.3) is 0 Å². The van der Waals surface area contributed by atoms with Gasteiger partial charge in [-0.2, -0.15) is 0 Å². The first-order chi connectivity index (χ1) is 8.90. The van der Waals surface area contributed by atoms with Gasteiger partial charge in [-0.3, -0.25) is 0 Å². The minimum atomic E-state index is -0.0633. The summed E-state index contributed by atoms with van der Waals surface area (Å²) in [6.45, 7) is 0.104. The van der Waals surface area contributed by atoms with Crippen molar-refractivity contribution in [3.63, 3.8) is 0 Å². The molecule has 1 aliphatic carbocycles. The Morgan fingerprint density at radius 3 is 2.39 bits per heavy atom.